The molecule has 7 nitrogen and oxygen atoms in total. The molecule has 1 amide bonds. The number of hydrogen-bond donors (Lipinski definition) is 2. The lowest BCUT2D eigenvalue weighted by molar-refractivity contribution is -0.115. The molecule has 0 spiro atoms. The van der Waals surface area contributed by atoms with Crippen molar-refractivity contribution >= 4 is 17.6 Å². The van der Waals surface area contributed by atoms with E-state index in [1.807, 2.05) is 0 Å². The number of carboxylic acids is 1. The summed E-state index contributed by atoms with van der Waals surface area (Å²) in [5.41, 5.74) is 1.73. The summed E-state index contributed by atoms with van der Waals surface area (Å²) in [5.74, 6) is -0.487. The standard InChI is InChI=1S/C13H10N2O5/c1-19-7-2-6-3-11(16)14-12(6)8(4-7)10-5-9(13(17)18)15-20-10/h2,4-5H,3H2,1H3,(H,14,16)(H,17,18). The van der Waals surface area contributed by atoms with E-state index in [2.05, 4.69) is 10.5 Å². The van der Waals surface area contributed by atoms with Crippen LogP contribution in [0, 0.1) is 0 Å². The number of ether oxygens (including phenoxy) is 1. The lowest BCUT2D eigenvalue weighted by Crippen LogP contribution is -2.04. The molecular formula is C13H10N2O5. The molecule has 0 aliphatic carbocycles. The molecule has 1 aliphatic rings. The van der Waals surface area contributed by atoms with Gasteiger partial charge in [0, 0.05) is 11.6 Å². The van der Waals surface area contributed by atoms with Crippen molar-refractivity contribution in [1.29, 1.82) is 0 Å². The number of carbonyl (C=O) groups excluding carboxylic acids is 1. The largest absolute Gasteiger partial charge is 0.497 e. The maximum atomic E-state index is 11.5. The molecule has 2 heterocycles. The molecule has 0 unspecified atom stereocenters. The van der Waals surface area contributed by atoms with Crippen LogP contribution >= 0.6 is 0 Å². The van der Waals surface area contributed by atoms with Crippen molar-refractivity contribution in [2.24, 2.45) is 0 Å². The minimum Gasteiger partial charge on any atom is -0.497 e. The molecule has 0 bridgehead atoms. The third kappa shape index (κ3) is 1.89. The number of nitrogens with one attached hydrogen (secondary N) is 1. The van der Waals surface area contributed by atoms with Crippen LogP contribution in [0.5, 0.6) is 5.75 Å². The molecule has 0 radical (unpaired) electrons. The van der Waals surface area contributed by atoms with Crippen LogP contribution in [0.4, 0.5) is 5.69 Å². The van der Waals surface area contributed by atoms with E-state index >= 15 is 0 Å². The van der Waals surface area contributed by atoms with Crippen molar-refractivity contribution < 1.29 is 24.0 Å². The number of anilines is 1. The third-order valence-corrected chi connectivity index (χ3v) is 3.04. The van der Waals surface area contributed by atoms with Crippen LogP contribution in [0.3, 0.4) is 0 Å². The van der Waals surface area contributed by atoms with Crippen molar-refractivity contribution in [3.63, 3.8) is 0 Å². The van der Waals surface area contributed by atoms with Gasteiger partial charge in [-0.05, 0) is 17.7 Å². The second-order valence-electron chi connectivity index (χ2n) is 4.32. The van der Waals surface area contributed by atoms with E-state index in [0.29, 0.717) is 17.0 Å². The zero-order chi connectivity index (χ0) is 14.3. The monoisotopic (exact) mass is 274 g/mol. The normalized spacial score (nSPS) is 12.9. The van der Waals surface area contributed by atoms with Gasteiger partial charge in [0.2, 0.25) is 5.91 Å². The summed E-state index contributed by atoms with van der Waals surface area (Å²) < 4.78 is 10.2. The number of nitrogens with zero attached hydrogens (tertiary/aromatic N) is 1. The van der Waals surface area contributed by atoms with Crippen LogP contribution in [0.1, 0.15) is 16.1 Å². The van der Waals surface area contributed by atoms with Crippen molar-refractivity contribution in [2.45, 2.75) is 6.42 Å². The summed E-state index contributed by atoms with van der Waals surface area (Å²) in [6, 6.07) is 4.73. The van der Waals surface area contributed by atoms with Crippen molar-refractivity contribution in [3.05, 3.63) is 29.5 Å². The van der Waals surface area contributed by atoms with Gasteiger partial charge < -0.3 is 19.7 Å². The van der Waals surface area contributed by atoms with Gasteiger partial charge >= 0.3 is 5.97 Å². The highest BCUT2D eigenvalue weighted by molar-refractivity contribution is 6.04. The Morgan fingerprint density at radius 1 is 1.45 bits per heavy atom. The number of carbonyl (C=O) groups is 2. The Morgan fingerprint density at radius 3 is 2.90 bits per heavy atom. The van der Waals surface area contributed by atoms with E-state index in [1.165, 1.54) is 13.2 Å². The zero-order valence-electron chi connectivity index (χ0n) is 10.5. The number of carboxylic acid groups (broad SMARTS) is 1. The summed E-state index contributed by atoms with van der Waals surface area (Å²) in [5, 5.41) is 15.1. The van der Waals surface area contributed by atoms with Crippen LogP contribution in [-0.2, 0) is 11.2 Å². The molecule has 1 aromatic heterocycles. The first kappa shape index (κ1) is 12.2. The fourth-order valence-corrected chi connectivity index (χ4v) is 2.13. The predicted molar refractivity (Wildman–Crippen MR) is 67.8 cm³/mol. The summed E-state index contributed by atoms with van der Waals surface area (Å²) in [6.07, 6.45) is 0.249. The third-order valence-electron chi connectivity index (χ3n) is 3.04. The second kappa shape index (κ2) is 4.37. The van der Waals surface area contributed by atoms with Gasteiger partial charge in [0.1, 0.15) is 5.75 Å². The Morgan fingerprint density at radius 2 is 2.25 bits per heavy atom. The van der Waals surface area contributed by atoms with Gasteiger partial charge in [-0.1, -0.05) is 5.16 Å². The highest BCUT2D eigenvalue weighted by atomic mass is 16.5. The number of aromatic carboxylic acids is 1. The van der Waals surface area contributed by atoms with Crippen LogP contribution in [-0.4, -0.2) is 29.2 Å². The number of amides is 1. The summed E-state index contributed by atoms with van der Waals surface area (Å²) in [6.45, 7) is 0. The van der Waals surface area contributed by atoms with Gasteiger partial charge in [0.15, 0.2) is 11.5 Å². The van der Waals surface area contributed by atoms with Gasteiger partial charge in [0.05, 0.1) is 19.2 Å². The van der Waals surface area contributed by atoms with Crippen LogP contribution in [0.15, 0.2) is 22.7 Å². The van der Waals surface area contributed by atoms with E-state index in [0.717, 1.165) is 5.56 Å². The molecule has 3 rings (SSSR count). The van der Waals surface area contributed by atoms with E-state index in [-0.39, 0.29) is 23.8 Å². The summed E-state index contributed by atoms with van der Waals surface area (Å²) >= 11 is 0. The number of rotatable bonds is 3. The molecule has 20 heavy (non-hydrogen) atoms. The molecule has 0 saturated heterocycles. The SMILES string of the molecule is COc1cc2c(c(-c3cc(C(=O)O)no3)c1)NC(=O)C2. The van der Waals surface area contributed by atoms with Gasteiger partial charge in [0.25, 0.3) is 0 Å². The lowest BCUT2D eigenvalue weighted by Gasteiger charge is -2.08. The molecule has 0 fully saturated rings. The second-order valence-corrected chi connectivity index (χ2v) is 4.32. The quantitative estimate of drug-likeness (QED) is 0.880. The molecule has 102 valence electrons. The van der Waals surface area contributed by atoms with Gasteiger partial charge in [-0.15, -0.1) is 0 Å². The number of fused-ring (bicyclic) bond motifs is 1. The average molecular weight is 274 g/mol. The van der Waals surface area contributed by atoms with Crippen molar-refractivity contribution in [1.82, 2.24) is 5.16 Å². The average Bonchev–Trinajstić information content (AvgIpc) is 3.02. The number of hydrogen-bond acceptors (Lipinski definition) is 5. The Hall–Kier alpha value is -2.83. The fourth-order valence-electron chi connectivity index (χ4n) is 2.13. The van der Waals surface area contributed by atoms with Gasteiger partial charge in [-0.3, -0.25) is 4.79 Å². The van der Waals surface area contributed by atoms with Gasteiger partial charge in [-0.2, -0.15) is 0 Å². The first-order valence-corrected chi connectivity index (χ1v) is 5.79. The van der Waals surface area contributed by atoms with Crippen LogP contribution < -0.4 is 10.1 Å². The maximum Gasteiger partial charge on any atom is 0.358 e. The van der Waals surface area contributed by atoms with Crippen LogP contribution in [0.25, 0.3) is 11.3 Å². The van der Waals surface area contributed by atoms with E-state index in [9.17, 15) is 9.59 Å². The Bertz CT molecular complexity index is 720. The zero-order valence-corrected chi connectivity index (χ0v) is 10.5. The molecule has 1 aliphatic heterocycles. The van der Waals surface area contributed by atoms with E-state index in [1.54, 1.807) is 12.1 Å². The van der Waals surface area contributed by atoms with Crippen molar-refractivity contribution in [2.75, 3.05) is 12.4 Å². The fraction of sp³-hybridized carbons (Fsp3) is 0.154. The molecular weight excluding hydrogens is 264 g/mol. The minimum absolute atomic E-state index is 0.132. The first-order valence-electron chi connectivity index (χ1n) is 5.79. The molecule has 0 saturated carbocycles. The lowest BCUT2D eigenvalue weighted by atomic mass is 10.0. The van der Waals surface area contributed by atoms with Crippen LogP contribution in [0.2, 0.25) is 0 Å². The van der Waals surface area contributed by atoms with Crippen molar-refractivity contribution in [3.8, 4) is 17.1 Å². The number of methoxy groups -OCH3 is 1. The molecule has 2 aromatic rings. The molecule has 0 atom stereocenters. The smallest absolute Gasteiger partial charge is 0.358 e. The Kier molecular flexibility index (Phi) is 2.67. The topological polar surface area (TPSA) is 102 Å². The Labute approximate surface area is 113 Å². The van der Waals surface area contributed by atoms with Gasteiger partial charge in [-0.25, -0.2) is 4.79 Å². The Balaban J connectivity index is 2.15. The maximum absolute atomic E-state index is 11.5. The highest BCUT2D eigenvalue weighted by Gasteiger charge is 2.25. The molecule has 2 N–H and O–H groups in total. The highest BCUT2D eigenvalue weighted by Crippen LogP contribution is 2.38. The predicted octanol–water partition coefficient (Wildman–Crippen LogP) is 1.54. The molecule has 7 heteroatoms. The first-order chi connectivity index (χ1) is 9.58. The minimum atomic E-state index is -1.18. The number of aromatic nitrogens is 1. The number of benzene rings is 1. The van der Waals surface area contributed by atoms with E-state index in [4.69, 9.17) is 14.4 Å². The summed E-state index contributed by atoms with van der Waals surface area (Å²) in [4.78, 5) is 22.3. The summed E-state index contributed by atoms with van der Waals surface area (Å²) in [7, 11) is 1.51. The van der Waals surface area contributed by atoms with E-state index < -0.39 is 5.97 Å². The molecule has 1 aromatic carbocycles.